The number of benzene rings is 2. The summed E-state index contributed by atoms with van der Waals surface area (Å²) in [6.45, 7) is 0.0146. The molecule has 1 aliphatic heterocycles. The number of nitro benzene ring substituents is 1. The number of carbonyl (C=O) groups excluding carboxylic acids is 2. The Kier molecular flexibility index (Phi) is 6.84. The first-order chi connectivity index (χ1) is 15.1. The number of nitro groups is 1. The number of sulfonamides is 1. The highest BCUT2D eigenvalue weighted by molar-refractivity contribution is 7.89. The summed E-state index contributed by atoms with van der Waals surface area (Å²) in [6, 6.07) is 8.48. The van der Waals surface area contributed by atoms with Crippen LogP contribution in [0, 0.1) is 21.8 Å². The van der Waals surface area contributed by atoms with Crippen molar-refractivity contribution in [2.45, 2.75) is 17.7 Å². The van der Waals surface area contributed by atoms with Crippen LogP contribution >= 0.6 is 0 Å². The number of hydrogen-bond donors (Lipinski definition) is 1. The molecule has 1 aliphatic rings. The number of hydrogen-bond acceptors (Lipinski definition) is 7. The second kappa shape index (κ2) is 9.40. The predicted molar refractivity (Wildman–Crippen MR) is 111 cm³/mol. The maximum atomic E-state index is 13.9. The molecule has 0 saturated carbocycles. The SMILES string of the molecule is COC(=O)c1ccccc1S(=O)(=O)N1CCC(C(=O)Nc2cc([N+](=O)[O-])ccc2F)CC1. The van der Waals surface area contributed by atoms with E-state index in [9.17, 15) is 32.5 Å². The molecule has 1 saturated heterocycles. The topological polar surface area (TPSA) is 136 Å². The molecule has 0 spiro atoms. The third kappa shape index (κ3) is 4.75. The van der Waals surface area contributed by atoms with Crippen LogP contribution in [0.1, 0.15) is 23.2 Å². The van der Waals surface area contributed by atoms with Gasteiger partial charge in [0.25, 0.3) is 5.69 Å². The molecule has 0 unspecified atom stereocenters. The quantitative estimate of drug-likeness (QED) is 0.393. The summed E-state index contributed by atoms with van der Waals surface area (Å²) < 4.78 is 45.9. The van der Waals surface area contributed by atoms with Crippen LogP contribution in [0.25, 0.3) is 0 Å². The smallest absolute Gasteiger partial charge is 0.339 e. The van der Waals surface area contributed by atoms with Gasteiger partial charge in [-0.25, -0.2) is 17.6 Å². The van der Waals surface area contributed by atoms with E-state index in [1.165, 1.54) is 28.6 Å². The zero-order valence-corrected chi connectivity index (χ0v) is 17.8. The molecule has 0 radical (unpaired) electrons. The van der Waals surface area contributed by atoms with Crippen molar-refractivity contribution in [1.29, 1.82) is 0 Å². The Hall–Kier alpha value is -3.38. The van der Waals surface area contributed by atoms with E-state index in [-0.39, 0.29) is 47.8 Å². The number of nitrogens with one attached hydrogen (secondary N) is 1. The van der Waals surface area contributed by atoms with Crippen molar-refractivity contribution in [3.63, 3.8) is 0 Å². The van der Waals surface area contributed by atoms with E-state index >= 15 is 0 Å². The Bertz CT molecular complexity index is 1160. The Morgan fingerprint density at radius 1 is 1.19 bits per heavy atom. The van der Waals surface area contributed by atoms with Crippen LogP contribution in [0.3, 0.4) is 0 Å². The molecule has 10 nitrogen and oxygen atoms in total. The second-order valence-corrected chi connectivity index (χ2v) is 8.98. The number of rotatable bonds is 6. The van der Waals surface area contributed by atoms with Crippen LogP contribution < -0.4 is 5.32 Å². The molecule has 1 heterocycles. The molecule has 0 atom stereocenters. The maximum absolute atomic E-state index is 13.9. The van der Waals surface area contributed by atoms with Crippen molar-refractivity contribution in [2.24, 2.45) is 5.92 Å². The van der Waals surface area contributed by atoms with Crippen LogP contribution in [0.4, 0.5) is 15.8 Å². The summed E-state index contributed by atoms with van der Waals surface area (Å²) >= 11 is 0. The lowest BCUT2D eigenvalue weighted by molar-refractivity contribution is -0.384. The minimum absolute atomic E-state index is 0.00729. The van der Waals surface area contributed by atoms with Crippen LogP contribution in [-0.2, 0) is 19.6 Å². The number of anilines is 1. The number of non-ortho nitro benzene ring substituents is 1. The zero-order chi connectivity index (χ0) is 23.5. The largest absolute Gasteiger partial charge is 0.465 e. The number of ether oxygens (including phenoxy) is 1. The first kappa shape index (κ1) is 23.3. The molecular weight excluding hydrogens is 445 g/mol. The van der Waals surface area contributed by atoms with Gasteiger partial charge in [0.1, 0.15) is 5.82 Å². The molecule has 1 fully saturated rings. The summed E-state index contributed by atoms with van der Waals surface area (Å²) in [5.74, 6) is -2.77. The molecular formula is C20H20FN3O7S. The number of halogens is 1. The highest BCUT2D eigenvalue weighted by Crippen LogP contribution is 2.28. The first-order valence-electron chi connectivity index (χ1n) is 9.57. The van der Waals surface area contributed by atoms with Gasteiger partial charge in [-0.1, -0.05) is 12.1 Å². The number of amides is 1. The van der Waals surface area contributed by atoms with Gasteiger partial charge in [-0.3, -0.25) is 14.9 Å². The van der Waals surface area contributed by atoms with Crippen LogP contribution in [0.5, 0.6) is 0 Å². The number of methoxy groups -OCH3 is 1. The van der Waals surface area contributed by atoms with E-state index in [2.05, 4.69) is 10.1 Å². The molecule has 170 valence electrons. The van der Waals surface area contributed by atoms with Crippen LogP contribution in [-0.4, -0.2) is 49.7 Å². The van der Waals surface area contributed by atoms with Crippen molar-refractivity contribution < 1.29 is 32.1 Å². The van der Waals surface area contributed by atoms with E-state index in [0.29, 0.717) is 0 Å². The average molecular weight is 465 g/mol. The van der Waals surface area contributed by atoms with Gasteiger partial charge in [-0.2, -0.15) is 4.31 Å². The minimum Gasteiger partial charge on any atom is -0.465 e. The highest BCUT2D eigenvalue weighted by Gasteiger charge is 2.34. The molecule has 12 heteroatoms. The number of piperidine rings is 1. The fraction of sp³-hybridized carbons (Fsp3) is 0.300. The summed E-state index contributed by atoms with van der Waals surface area (Å²) in [5, 5.41) is 13.2. The van der Waals surface area contributed by atoms with E-state index < -0.39 is 38.6 Å². The zero-order valence-electron chi connectivity index (χ0n) is 17.0. The van der Waals surface area contributed by atoms with Gasteiger partial charge in [0.15, 0.2) is 0 Å². The van der Waals surface area contributed by atoms with Gasteiger partial charge in [0, 0.05) is 31.1 Å². The van der Waals surface area contributed by atoms with Gasteiger partial charge in [-0.05, 0) is 31.0 Å². The van der Waals surface area contributed by atoms with Crippen molar-refractivity contribution in [1.82, 2.24) is 4.31 Å². The van der Waals surface area contributed by atoms with E-state index in [0.717, 1.165) is 25.3 Å². The molecule has 3 rings (SSSR count). The van der Waals surface area contributed by atoms with Crippen molar-refractivity contribution >= 4 is 33.3 Å². The summed E-state index contributed by atoms with van der Waals surface area (Å²) in [5.41, 5.74) is -0.769. The first-order valence-corrected chi connectivity index (χ1v) is 11.0. The minimum atomic E-state index is -4.01. The molecule has 0 aromatic heterocycles. The molecule has 0 aliphatic carbocycles. The standard InChI is InChI=1S/C20H20FN3O7S/c1-31-20(26)15-4-2-3-5-18(15)32(29,30)23-10-8-13(9-11-23)19(25)22-17-12-14(24(27)28)6-7-16(17)21/h2-7,12-13H,8-11H2,1H3,(H,22,25). The lowest BCUT2D eigenvalue weighted by Crippen LogP contribution is -2.41. The molecule has 1 N–H and O–H groups in total. The van der Waals surface area contributed by atoms with E-state index in [1.807, 2.05) is 0 Å². The molecule has 2 aromatic carbocycles. The van der Waals surface area contributed by atoms with Gasteiger partial charge >= 0.3 is 5.97 Å². The van der Waals surface area contributed by atoms with Gasteiger partial charge < -0.3 is 10.1 Å². The third-order valence-corrected chi connectivity index (χ3v) is 7.11. The van der Waals surface area contributed by atoms with Gasteiger partial charge in [0.2, 0.25) is 15.9 Å². The number of esters is 1. The number of nitrogens with zero attached hydrogens (tertiary/aromatic N) is 2. The summed E-state index contributed by atoms with van der Waals surface area (Å²) in [6.07, 6.45) is 0.310. The maximum Gasteiger partial charge on any atom is 0.339 e. The van der Waals surface area contributed by atoms with Crippen molar-refractivity contribution in [3.05, 3.63) is 64.0 Å². The predicted octanol–water partition coefficient (Wildman–Crippen LogP) is 2.56. The molecule has 1 amide bonds. The fourth-order valence-corrected chi connectivity index (χ4v) is 5.07. The normalized spacial score (nSPS) is 15.2. The highest BCUT2D eigenvalue weighted by atomic mass is 32.2. The van der Waals surface area contributed by atoms with Crippen molar-refractivity contribution in [3.8, 4) is 0 Å². The van der Waals surface area contributed by atoms with E-state index in [4.69, 9.17) is 0 Å². The second-order valence-electron chi connectivity index (χ2n) is 7.08. The van der Waals surface area contributed by atoms with Crippen LogP contribution in [0.15, 0.2) is 47.4 Å². The van der Waals surface area contributed by atoms with Crippen LogP contribution in [0.2, 0.25) is 0 Å². The van der Waals surface area contributed by atoms with Gasteiger partial charge in [0.05, 0.1) is 28.2 Å². The average Bonchev–Trinajstić information content (AvgIpc) is 2.79. The summed E-state index contributed by atoms with van der Waals surface area (Å²) in [4.78, 5) is 34.4. The molecule has 32 heavy (non-hydrogen) atoms. The lowest BCUT2D eigenvalue weighted by Gasteiger charge is -2.31. The Labute approximate surface area is 183 Å². The molecule has 0 bridgehead atoms. The summed E-state index contributed by atoms with van der Waals surface area (Å²) in [7, 11) is -2.86. The van der Waals surface area contributed by atoms with E-state index in [1.54, 1.807) is 0 Å². The molecule has 2 aromatic rings. The Morgan fingerprint density at radius 3 is 2.47 bits per heavy atom. The third-order valence-electron chi connectivity index (χ3n) is 5.15. The lowest BCUT2D eigenvalue weighted by atomic mass is 9.97. The fourth-order valence-electron chi connectivity index (χ4n) is 3.43. The Balaban J connectivity index is 1.70. The number of carbonyl (C=O) groups is 2. The van der Waals surface area contributed by atoms with Gasteiger partial charge in [-0.15, -0.1) is 0 Å². The van der Waals surface area contributed by atoms with Crippen molar-refractivity contribution in [2.75, 3.05) is 25.5 Å². The monoisotopic (exact) mass is 465 g/mol. The Morgan fingerprint density at radius 2 is 1.84 bits per heavy atom.